The Morgan fingerprint density at radius 1 is 1.43 bits per heavy atom. The maximum Gasteiger partial charge on any atom is 0.315 e. The van der Waals surface area contributed by atoms with Crippen LogP contribution in [0.2, 0.25) is 0 Å². The Kier molecular flexibility index (Phi) is 6.51. The molecule has 2 heterocycles. The van der Waals surface area contributed by atoms with E-state index < -0.39 is 0 Å². The lowest BCUT2D eigenvalue weighted by Crippen LogP contribution is -2.48. The molecule has 1 saturated heterocycles. The lowest BCUT2D eigenvalue weighted by atomic mass is 10.0. The maximum absolute atomic E-state index is 11.9. The molecule has 1 aliphatic rings. The zero-order valence-corrected chi connectivity index (χ0v) is 13.9. The molecule has 2 amide bonds. The van der Waals surface area contributed by atoms with Gasteiger partial charge in [-0.3, -0.25) is 0 Å². The van der Waals surface area contributed by atoms with Gasteiger partial charge in [0, 0.05) is 32.2 Å². The summed E-state index contributed by atoms with van der Waals surface area (Å²) < 4.78 is 0. The van der Waals surface area contributed by atoms with Gasteiger partial charge in [0.15, 0.2) is 0 Å². The summed E-state index contributed by atoms with van der Waals surface area (Å²) in [7, 11) is 0. The summed E-state index contributed by atoms with van der Waals surface area (Å²) in [6.45, 7) is 8.57. The fourth-order valence-corrected chi connectivity index (χ4v) is 3.47. The summed E-state index contributed by atoms with van der Waals surface area (Å²) in [6.07, 6.45) is 3.03. The van der Waals surface area contributed by atoms with Crippen LogP contribution in [-0.2, 0) is 6.42 Å². The Morgan fingerprint density at radius 2 is 2.19 bits per heavy atom. The number of thiophene rings is 1. The summed E-state index contributed by atoms with van der Waals surface area (Å²) in [5.41, 5.74) is 1.29. The average Bonchev–Trinajstić information content (AvgIpc) is 2.93. The molecule has 0 saturated carbocycles. The van der Waals surface area contributed by atoms with Crippen LogP contribution >= 0.6 is 11.3 Å². The van der Waals surface area contributed by atoms with Gasteiger partial charge in [0.25, 0.3) is 0 Å². The van der Waals surface area contributed by atoms with E-state index in [-0.39, 0.29) is 6.03 Å². The predicted molar refractivity (Wildman–Crippen MR) is 88.9 cm³/mol. The number of nitrogens with one attached hydrogen (secondary N) is 2. The van der Waals surface area contributed by atoms with Gasteiger partial charge in [-0.25, -0.2) is 4.79 Å². The quantitative estimate of drug-likeness (QED) is 0.848. The summed E-state index contributed by atoms with van der Waals surface area (Å²) in [5.74, 6) is 0.718. The van der Waals surface area contributed by atoms with Crippen LogP contribution in [-0.4, -0.2) is 43.2 Å². The van der Waals surface area contributed by atoms with Crippen molar-refractivity contribution in [2.45, 2.75) is 39.2 Å². The molecule has 0 spiro atoms. The van der Waals surface area contributed by atoms with Gasteiger partial charge < -0.3 is 15.5 Å². The molecule has 21 heavy (non-hydrogen) atoms. The number of hydrogen-bond donors (Lipinski definition) is 2. The van der Waals surface area contributed by atoms with Gasteiger partial charge >= 0.3 is 6.03 Å². The number of rotatable bonds is 6. The van der Waals surface area contributed by atoms with E-state index in [0.29, 0.717) is 12.6 Å². The average molecular weight is 309 g/mol. The Balaban J connectivity index is 1.58. The number of urea groups is 1. The van der Waals surface area contributed by atoms with Gasteiger partial charge in [-0.05, 0) is 47.6 Å². The third-order valence-electron chi connectivity index (χ3n) is 3.83. The van der Waals surface area contributed by atoms with E-state index in [4.69, 9.17) is 0 Å². The first-order valence-corrected chi connectivity index (χ1v) is 8.85. The molecule has 0 unspecified atom stereocenters. The molecule has 0 atom stereocenters. The summed E-state index contributed by atoms with van der Waals surface area (Å²) in [5, 5.41) is 10.3. The zero-order chi connectivity index (χ0) is 15.1. The Hall–Kier alpha value is -1.07. The number of nitrogens with zero attached hydrogens (tertiary/aromatic N) is 1. The van der Waals surface area contributed by atoms with Crippen LogP contribution in [0.25, 0.3) is 0 Å². The molecule has 0 bridgehead atoms. The van der Waals surface area contributed by atoms with Crippen molar-refractivity contribution in [2.75, 3.05) is 26.2 Å². The van der Waals surface area contributed by atoms with Gasteiger partial charge in [-0.2, -0.15) is 11.3 Å². The van der Waals surface area contributed by atoms with Gasteiger partial charge in [0.2, 0.25) is 0 Å². The van der Waals surface area contributed by atoms with Crippen LogP contribution in [0.1, 0.15) is 32.3 Å². The van der Waals surface area contributed by atoms with Crippen molar-refractivity contribution in [3.8, 4) is 0 Å². The minimum Gasteiger partial charge on any atom is -0.338 e. The van der Waals surface area contributed by atoms with Crippen LogP contribution in [0.5, 0.6) is 0 Å². The molecular formula is C16H27N3OS. The van der Waals surface area contributed by atoms with Crippen LogP contribution in [0, 0.1) is 5.92 Å². The van der Waals surface area contributed by atoms with E-state index >= 15 is 0 Å². The minimum absolute atomic E-state index is 0.0208. The number of amides is 2. The molecule has 0 aliphatic carbocycles. The fourth-order valence-electron chi connectivity index (χ4n) is 2.77. The highest BCUT2D eigenvalue weighted by Gasteiger charge is 2.20. The van der Waals surface area contributed by atoms with E-state index in [2.05, 4.69) is 46.2 Å². The first-order valence-electron chi connectivity index (χ1n) is 7.91. The van der Waals surface area contributed by atoms with Crippen molar-refractivity contribution in [1.29, 1.82) is 0 Å². The molecule has 1 fully saturated rings. The van der Waals surface area contributed by atoms with Gasteiger partial charge in [-0.15, -0.1) is 0 Å². The molecule has 118 valence electrons. The highest BCUT2D eigenvalue weighted by Crippen LogP contribution is 2.12. The largest absolute Gasteiger partial charge is 0.338 e. The molecule has 4 nitrogen and oxygen atoms in total. The van der Waals surface area contributed by atoms with E-state index in [9.17, 15) is 4.79 Å². The van der Waals surface area contributed by atoms with E-state index in [1.807, 2.05) is 0 Å². The van der Waals surface area contributed by atoms with Crippen LogP contribution < -0.4 is 10.6 Å². The summed E-state index contributed by atoms with van der Waals surface area (Å²) in [4.78, 5) is 14.4. The molecule has 2 rings (SSSR count). The zero-order valence-electron chi connectivity index (χ0n) is 13.1. The molecule has 1 aromatic rings. The molecular weight excluding hydrogens is 282 g/mol. The predicted octanol–water partition coefficient (Wildman–Crippen LogP) is 2.71. The second-order valence-corrected chi connectivity index (χ2v) is 7.03. The highest BCUT2D eigenvalue weighted by molar-refractivity contribution is 7.07. The lowest BCUT2D eigenvalue weighted by Gasteiger charge is -2.33. The standard InChI is InChI=1S/C16H27N3OS/c1-13(2)11-19-8-4-15(5-9-19)18-16(20)17-7-3-14-6-10-21-12-14/h6,10,12-13,15H,3-5,7-9,11H2,1-2H3,(H2,17,18,20). The van der Waals surface area contributed by atoms with Crippen molar-refractivity contribution in [2.24, 2.45) is 5.92 Å². The SMILES string of the molecule is CC(C)CN1CCC(NC(=O)NCCc2ccsc2)CC1. The monoisotopic (exact) mass is 309 g/mol. The van der Waals surface area contributed by atoms with Crippen molar-refractivity contribution in [1.82, 2.24) is 15.5 Å². The van der Waals surface area contributed by atoms with Gasteiger partial charge in [0.05, 0.1) is 0 Å². The molecule has 0 aromatic carbocycles. The molecule has 5 heteroatoms. The molecule has 1 aromatic heterocycles. The topological polar surface area (TPSA) is 44.4 Å². The number of carbonyl (C=O) groups is 1. The number of carbonyl (C=O) groups excluding carboxylic acids is 1. The third kappa shape index (κ3) is 6.06. The second kappa shape index (κ2) is 8.39. The third-order valence-corrected chi connectivity index (χ3v) is 4.56. The van der Waals surface area contributed by atoms with Gasteiger partial charge in [-0.1, -0.05) is 13.8 Å². The Bertz CT molecular complexity index is 411. The van der Waals surface area contributed by atoms with Crippen LogP contribution in [0.4, 0.5) is 4.79 Å². The van der Waals surface area contributed by atoms with E-state index in [1.165, 1.54) is 12.1 Å². The van der Waals surface area contributed by atoms with E-state index in [0.717, 1.165) is 38.3 Å². The van der Waals surface area contributed by atoms with Crippen LogP contribution in [0.15, 0.2) is 16.8 Å². The second-order valence-electron chi connectivity index (χ2n) is 6.25. The summed E-state index contributed by atoms with van der Waals surface area (Å²) in [6, 6.07) is 2.41. The van der Waals surface area contributed by atoms with Crippen LogP contribution in [0.3, 0.4) is 0 Å². The van der Waals surface area contributed by atoms with E-state index in [1.54, 1.807) is 11.3 Å². The molecule has 2 N–H and O–H groups in total. The Morgan fingerprint density at radius 3 is 2.81 bits per heavy atom. The van der Waals surface area contributed by atoms with Crippen molar-refractivity contribution >= 4 is 17.4 Å². The summed E-state index contributed by atoms with van der Waals surface area (Å²) >= 11 is 1.70. The molecule has 0 radical (unpaired) electrons. The highest BCUT2D eigenvalue weighted by atomic mass is 32.1. The van der Waals surface area contributed by atoms with Crippen molar-refractivity contribution < 1.29 is 4.79 Å². The van der Waals surface area contributed by atoms with Crippen molar-refractivity contribution in [3.63, 3.8) is 0 Å². The van der Waals surface area contributed by atoms with Crippen molar-refractivity contribution in [3.05, 3.63) is 22.4 Å². The first kappa shape index (κ1) is 16.3. The Labute approximate surface area is 131 Å². The fraction of sp³-hybridized carbons (Fsp3) is 0.688. The van der Waals surface area contributed by atoms with Gasteiger partial charge in [0.1, 0.15) is 0 Å². The maximum atomic E-state index is 11.9. The minimum atomic E-state index is -0.0208. The normalized spacial score (nSPS) is 17.1. The lowest BCUT2D eigenvalue weighted by molar-refractivity contribution is 0.178. The first-order chi connectivity index (χ1) is 10.1. The smallest absolute Gasteiger partial charge is 0.315 e. The number of likely N-dealkylation sites (tertiary alicyclic amines) is 1. The number of piperidine rings is 1. The molecule has 1 aliphatic heterocycles. The number of hydrogen-bond acceptors (Lipinski definition) is 3.